The molecule has 1 N–H and O–H groups in total. The molecule has 0 heterocycles. The van der Waals surface area contributed by atoms with E-state index >= 15 is 0 Å². The summed E-state index contributed by atoms with van der Waals surface area (Å²) in [5.41, 5.74) is -0.389. The molecule has 0 atom stereocenters. The number of carboxylic acid groups (broad SMARTS) is 1. The second-order valence-corrected chi connectivity index (χ2v) is 3.07. The first-order chi connectivity index (χ1) is 4.15. The lowest BCUT2D eigenvalue weighted by Crippen LogP contribution is -2.23. The van der Waals surface area contributed by atoms with E-state index in [0.717, 1.165) is 25.7 Å². The number of carboxylic acids is 1. The van der Waals surface area contributed by atoms with Crippen molar-refractivity contribution in [2.75, 3.05) is 0 Å². The van der Waals surface area contributed by atoms with Crippen LogP contribution in [0.25, 0.3) is 0 Å². The zero-order valence-electron chi connectivity index (χ0n) is 6.18. The van der Waals surface area contributed by atoms with Crippen LogP contribution in [0.2, 0.25) is 0 Å². The molecule has 0 unspecified atom stereocenters. The Morgan fingerprint density at radius 1 is 1.40 bits per heavy atom. The predicted molar refractivity (Wildman–Crippen MR) is 44.6 cm³/mol. The van der Waals surface area contributed by atoms with Gasteiger partial charge in [-0.2, -0.15) is 13.5 Å². The molecule has 0 aromatic heterocycles. The molecule has 0 aromatic carbocycles. The monoisotopic (exact) mass is 162 g/mol. The summed E-state index contributed by atoms with van der Waals surface area (Å²) >= 11 is 0. The van der Waals surface area contributed by atoms with E-state index in [4.69, 9.17) is 5.11 Å². The highest BCUT2D eigenvalue weighted by Crippen LogP contribution is 2.37. The molecule has 0 spiro atoms. The molecule has 0 saturated heterocycles. The van der Waals surface area contributed by atoms with Crippen molar-refractivity contribution in [1.29, 1.82) is 0 Å². The van der Waals surface area contributed by atoms with Gasteiger partial charge in [0.05, 0.1) is 5.41 Å². The molecule has 0 aromatic rings. The van der Waals surface area contributed by atoms with Crippen molar-refractivity contribution in [1.82, 2.24) is 0 Å². The highest BCUT2D eigenvalue weighted by Gasteiger charge is 2.35. The van der Waals surface area contributed by atoms with Crippen LogP contribution >= 0.6 is 13.5 Å². The van der Waals surface area contributed by atoms with Crippen LogP contribution in [0.15, 0.2) is 0 Å². The van der Waals surface area contributed by atoms with E-state index in [9.17, 15) is 4.79 Å². The summed E-state index contributed by atoms with van der Waals surface area (Å²) in [6.45, 7) is 1.84. The molecule has 10 heavy (non-hydrogen) atoms. The van der Waals surface area contributed by atoms with Gasteiger partial charge in [0.1, 0.15) is 0 Å². The summed E-state index contributed by atoms with van der Waals surface area (Å²) in [7, 11) is 0. The van der Waals surface area contributed by atoms with Gasteiger partial charge in [-0.1, -0.05) is 12.8 Å². The van der Waals surface area contributed by atoms with Gasteiger partial charge < -0.3 is 5.11 Å². The molecule has 1 aliphatic carbocycles. The number of hydrogen-bond acceptors (Lipinski definition) is 1. The van der Waals surface area contributed by atoms with Gasteiger partial charge in [-0.25, -0.2) is 0 Å². The molecule has 3 heteroatoms. The first-order valence-corrected chi connectivity index (χ1v) is 3.38. The van der Waals surface area contributed by atoms with E-state index < -0.39 is 5.97 Å². The van der Waals surface area contributed by atoms with E-state index in [1.807, 2.05) is 6.92 Å². The first kappa shape index (κ1) is 9.82. The zero-order chi connectivity index (χ0) is 6.91. The van der Waals surface area contributed by atoms with Gasteiger partial charge in [-0.3, -0.25) is 4.79 Å². The van der Waals surface area contributed by atoms with Gasteiger partial charge in [0.25, 0.3) is 0 Å². The third-order valence-corrected chi connectivity index (χ3v) is 2.22. The molecular weight excluding hydrogens is 148 g/mol. The Labute approximate surface area is 68.1 Å². The number of hydrogen-bond donors (Lipinski definition) is 1. The van der Waals surface area contributed by atoms with E-state index in [1.54, 1.807) is 0 Å². The summed E-state index contributed by atoms with van der Waals surface area (Å²) in [4.78, 5) is 10.5. The van der Waals surface area contributed by atoms with E-state index in [2.05, 4.69) is 0 Å². The van der Waals surface area contributed by atoms with Crippen molar-refractivity contribution in [2.24, 2.45) is 5.41 Å². The average molecular weight is 162 g/mol. The van der Waals surface area contributed by atoms with Crippen LogP contribution in [0.4, 0.5) is 0 Å². The molecule has 1 aliphatic rings. The molecule has 1 fully saturated rings. The summed E-state index contributed by atoms with van der Waals surface area (Å²) in [6, 6.07) is 0. The van der Waals surface area contributed by atoms with Gasteiger partial charge >= 0.3 is 5.97 Å². The van der Waals surface area contributed by atoms with Crippen molar-refractivity contribution < 1.29 is 9.90 Å². The quantitative estimate of drug-likeness (QED) is 0.638. The van der Waals surface area contributed by atoms with Gasteiger partial charge in [0, 0.05) is 0 Å². The lowest BCUT2D eigenvalue weighted by molar-refractivity contribution is -0.147. The summed E-state index contributed by atoms with van der Waals surface area (Å²) in [5, 5.41) is 8.67. The van der Waals surface area contributed by atoms with Crippen LogP contribution in [0.5, 0.6) is 0 Å². The van der Waals surface area contributed by atoms with E-state index in [-0.39, 0.29) is 18.9 Å². The third kappa shape index (κ3) is 1.66. The highest BCUT2D eigenvalue weighted by molar-refractivity contribution is 7.59. The maximum absolute atomic E-state index is 10.5. The Kier molecular flexibility index (Phi) is 3.22. The fourth-order valence-corrected chi connectivity index (χ4v) is 1.37. The second kappa shape index (κ2) is 3.28. The van der Waals surface area contributed by atoms with Crippen LogP contribution in [0, 0.1) is 5.41 Å². The molecule has 2 nitrogen and oxygen atoms in total. The van der Waals surface area contributed by atoms with Crippen LogP contribution in [0.1, 0.15) is 32.6 Å². The molecular formula is C7H14O2S. The van der Waals surface area contributed by atoms with Crippen molar-refractivity contribution in [2.45, 2.75) is 32.6 Å². The topological polar surface area (TPSA) is 37.3 Å². The molecule has 0 aliphatic heterocycles. The Hall–Kier alpha value is -0.180. The average Bonchev–Trinajstić information content (AvgIpc) is 2.16. The molecule has 0 amide bonds. The van der Waals surface area contributed by atoms with Crippen LogP contribution < -0.4 is 0 Å². The third-order valence-electron chi connectivity index (χ3n) is 2.22. The Bertz CT molecular complexity index is 128. The molecule has 0 radical (unpaired) electrons. The first-order valence-electron chi connectivity index (χ1n) is 3.38. The molecule has 1 rings (SSSR count). The van der Waals surface area contributed by atoms with Crippen molar-refractivity contribution in [3.63, 3.8) is 0 Å². The standard InChI is InChI=1S/C7H12O2.H2S/c1-7(6(8)9)4-2-3-5-7;/h2-5H2,1H3,(H,8,9);1H2. The Morgan fingerprint density at radius 3 is 2.00 bits per heavy atom. The lowest BCUT2D eigenvalue weighted by atomic mass is 9.89. The van der Waals surface area contributed by atoms with Gasteiger partial charge in [0.2, 0.25) is 0 Å². The van der Waals surface area contributed by atoms with Crippen LogP contribution in [-0.4, -0.2) is 11.1 Å². The smallest absolute Gasteiger partial charge is 0.309 e. The lowest BCUT2D eigenvalue weighted by Gasteiger charge is -2.15. The minimum Gasteiger partial charge on any atom is -0.481 e. The molecule has 0 bridgehead atoms. The second-order valence-electron chi connectivity index (χ2n) is 3.07. The molecule has 60 valence electrons. The normalized spacial score (nSPS) is 21.7. The fraction of sp³-hybridized carbons (Fsp3) is 0.857. The van der Waals surface area contributed by atoms with E-state index in [0.29, 0.717) is 0 Å². The summed E-state index contributed by atoms with van der Waals surface area (Å²) in [5.74, 6) is -0.625. The van der Waals surface area contributed by atoms with Gasteiger partial charge in [0.15, 0.2) is 0 Å². The zero-order valence-corrected chi connectivity index (χ0v) is 7.18. The maximum atomic E-state index is 10.5. The number of carbonyl (C=O) groups is 1. The predicted octanol–water partition coefficient (Wildman–Crippen LogP) is 1.76. The maximum Gasteiger partial charge on any atom is 0.309 e. The summed E-state index contributed by atoms with van der Waals surface area (Å²) < 4.78 is 0. The minimum atomic E-state index is -0.625. The number of rotatable bonds is 1. The van der Waals surface area contributed by atoms with Crippen LogP contribution in [0.3, 0.4) is 0 Å². The Balaban J connectivity index is 0.000000810. The Morgan fingerprint density at radius 2 is 1.80 bits per heavy atom. The van der Waals surface area contributed by atoms with Crippen molar-refractivity contribution in [3.05, 3.63) is 0 Å². The largest absolute Gasteiger partial charge is 0.481 e. The van der Waals surface area contributed by atoms with Crippen molar-refractivity contribution in [3.8, 4) is 0 Å². The summed E-state index contributed by atoms with van der Waals surface area (Å²) in [6.07, 6.45) is 3.90. The van der Waals surface area contributed by atoms with Crippen molar-refractivity contribution >= 4 is 19.5 Å². The van der Waals surface area contributed by atoms with Gasteiger partial charge in [-0.15, -0.1) is 0 Å². The van der Waals surface area contributed by atoms with E-state index in [1.165, 1.54) is 0 Å². The molecule has 1 saturated carbocycles. The SMILES string of the molecule is CC1(C(=O)O)CCCC1.S. The minimum absolute atomic E-state index is 0. The fourth-order valence-electron chi connectivity index (χ4n) is 1.37. The number of aliphatic carboxylic acids is 1. The van der Waals surface area contributed by atoms with Crippen LogP contribution in [-0.2, 0) is 4.79 Å². The highest BCUT2D eigenvalue weighted by atomic mass is 32.1. The van der Waals surface area contributed by atoms with Gasteiger partial charge in [-0.05, 0) is 19.8 Å².